The second-order valence-electron chi connectivity index (χ2n) is 9.27. The van der Waals surface area contributed by atoms with Crippen LogP contribution in [0.2, 0.25) is 0 Å². The lowest BCUT2D eigenvalue weighted by Gasteiger charge is -2.08. The van der Waals surface area contributed by atoms with Crippen LogP contribution in [0.5, 0.6) is 11.8 Å². The van der Waals surface area contributed by atoms with Gasteiger partial charge in [-0.05, 0) is 48.9 Å². The van der Waals surface area contributed by atoms with Crippen molar-refractivity contribution in [2.75, 3.05) is 6.54 Å². The van der Waals surface area contributed by atoms with Crippen molar-refractivity contribution in [3.63, 3.8) is 0 Å². The Balaban J connectivity index is 1.44. The molecule has 0 unspecified atom stereocenters. The number of carbonyl (C=O) groups is 1. The smallest absolute Gasteiger partial charge is 0.310 e. The summed E-state index contributed by atoms with van der Waals surface area (Å²) in [7, 11) is 0. The predicted octanol–water partition coefficient (Wildman–Crippen LogP) is 4.27. The summed E-state index contributed by atoms with van der Waals surface area (Å²) in [6, 6.07) is 19.4. The molecule has 0 amide bonds. The second kappa shape index (κ2) is 10.1. The van der Waals surface area contributed by atoms with Crippen LogP contribution in [0, 0.1) is 0 Å². The number of benzene rings is 3. The van der Waals surface area contributed by atoms with Crippen molar-refractivity contribution in [1.82, 2.24) is 24.5 Å². The molecular weight excluding hydrogens is 496 g/mol. The number of hydrogen-bond donors (Lipinski definition) is 3. The average molecular weight is 523 g/mol. The van der Waals surface area contributed by atoms with E-state index >= 15 is 0 Å². The van der Waals surface area contributed by atoms with Crippen molar-refractivity contribution in [2.24, 2.45) is 5.73 Å². The summed E-state index contributed by atoms with van der Waals surface area (Å²) in [5.74, 6) is 0.212. The first-order valence-electron chi connectivity index (χ1n) is 12.6. The fraction of sp³-hybridized carbons (Fsp3) is 0.172. The molecule has 0 radical (unpaired) electrons. The Morgan fingerprint density at radius 2 is 1.77 bits per heavy atom. The van der Waals surface area contributed by atoms with Crippen LogP contribution in [0.3, 0.4) is 0 Å². The lowest BCUT2D eigenvalue weighted by Crippen LogP contribution is -2.11. The average Bonchev–Trinajstić information content (AvgIpc) is 3.48. The summed E-state index contributed by atoms with van der Waals surface area (Å²) in [6.45, 7) is 2.99. The van der Waals surface area contributed by atoms with Gasteiger partial charge in [-0.1, -0.05) is 30.3 Å². The molecule has 0 fully saturated rings. The fourth-order valence-electron chi connectivity index (χ4n) is 4.68. The number of aromatic amines is 2. The second-order valence-corrected chi connectivity index (χ2v) is 9.27. The van der Waals surface area contributed by atoms with E-state index in [1.807, 2.05) is 54.7 Å². The molecule has 0 saturated carbocycles. The van der Waals surface area contributed by atoms with Crippen molar-refractivity contribution in [3.8, 4) is 23.0 Å². The molecule has 196 valence electrons. The van der Waals surface area contributed by atoms with E-state index in [0.717, 1.165) is 22.9 Å². The van der Waals surface area contributed by atoms with Crippen LogP contribution in [0.1, 0.15) is 18.9 Å². The first-order chi connectivity index (χ1) is 19.0. The third-order valence-electron chi connectivity index (χ3n) is 6.47. The van der Waals surface area contributed by atoms with E-state index < -0.39 is 5.97 Å². The molecule has 0 spiro atoms. The Bertz CT molecular complexity index is 1890. The monoisotopic (exact) mass is 522 g/mol. The van der Waals surface area contributed by atoms with Gasteiger partial charge < -0.3 is 29.7 Å². The maximum atomic E-state index is 13.3. The van der Waals surface area contributed by atoms with Crippen LogP contribution < -0.4 is 20.8 Å². The molecule has 10 nitrogen and oxygen atoms in total. The number of aryl methyl sites for hydroxylation is 1. The Morgan fingerprint density at radius 1 is 1.00 bits per heavy atom. The SMILES string of the molecule is CC(=O)Oc1nc2cc3[nH]c(=O)c(-c4cn(CCCN)c5ccc(OCc6ccccc6)cc45)nc3cc2[nH]1. The summed E-state index contributed by atoms with van der Waals surface area (Å²) in [5, 5.41) is 0.856. The van der Waals surface area contributed by atoms with Crippen LogP contribution >= 0.6 is 0 Å². The lowest BCUT2D eigenvalue weighted by molar-refractivity contribution is -0.132. The number of hydrogen-bond acceptors (Lipinski definition) is 7. The number of imidazole rings is 1. The largest absolute Gasteiger partial charge is 0.489 e. The van der Waals surface area contributed by atoms with Crippen molar-refractivity contribution < 1.29 is 14.3 Å². The van der Waals surface area contributed by atoms with Crippen LogP contribution in [0.4, 0.5) is 0 Å². The maximum absolute atomic E-state index is 13.3. The molecule has 3 heterocycles. The first-order valence-corrected chi connectivity index (χ1v) is 12.6. The van der Waals surface area contributed by atoms with E-state index in [0.29, 0.717) is 58.8 Å². The van der Waals surface area contributed by atoms with Crippen LogP contribution in [0.15, 0.2) is 71.7 Å². The number of rotatable bonds is 8. The molecule has 0 aliphatic rings. The summed E-state index contributed by atoms with van der Waals surface area (Å²) in [6.07, 6.45) is 2.73. The highest BCUT2D eigenvalue weighted by Crippen LogP contribution is 2.32. The van der Waals surface area contributed by atoms with Gasteiger partial charge in [0.1, 0.15) is 18.1 Å². The molecule has 0 bridgehead atoms. The molecule has 0 aliphatic carbocycles. The number of nitrogens with two attached hydrogens (primary N) is 1. The number of carbonyl (C=O) groups excluding carboxylic acids is 1. The highest BCUT2D eigenvalue weighted by atomic mass is 16.5. The van der Waals surface area contributed by atoms with E-state index in [1.165, 1.54) is 6.92 Å². The van der Waals surface area contributed by atoms with E-state index in [4.69, 9.17) is 20.2 Å². The Kier molecular flexibility index (Phi) is 6.29. The molecule has 3 aromatic heterocycles. The minimum atomic E-state index is -0.481. The van der Waals surface area contributed by atoms with Gasteiger partial charge >= 0.3 is 12.0 Å². The first kappa shape index (κ1) is 24.4. The molecular formula is C29H26N6O4. The molecule has 0 atom stereocenters. The Morgan fingerprint density at radius 3 is 2.54 bits per heavy atom. The molecule has 39 heavy (non-hydrogen) atoms. The van der Waals surface area contributed by atoms with Crippen molar-refractivity contribution in [1.29, 1.82) is 0 Å². The van der Waals surface area contributed by atoms with Crippen LogP contribution in [-0.4, -0.2) is 37.0 Å². The van der Waals surface area contributed by atoms with E-state index in [-0.39, 0.29) is 11.6 Å². The minimum absolute atomic E-state index is 0.0846. The summed E-state index contributed by atoms with van der Waals surface area (Å²) in [5.41, 5.74) is 10.7. The molecule has 0 saturated heterocycles. The zero-order valence-electron chi connectivity index (χ0n) is 21.2. The normalized spacial score (nSPS) is 11.4. The van der Waals surface area contributed by atoms with Gasteiger partial charge in [-0.2, -0.15) is 4.98 Å². The van der Waals surface area contributed by atoms with Crippen LogP contribution in [-0.2, 0) is 17.9 Å². The van der Waals surface area contributed by atoms with E-state index in [1.54, 1.807) is 12.1 Å². The van der Waals surface area contributed by atoms with Gasteiger partial charge in [0.05, 0.1) is 22.1 Å². The third-order valence-corrected chi connectivity index (χ3v) is 6.47. The quantitative estimate of drug-likeness (QED) is 0.254. The number of H-pyrrole nitrogens is 2. The summed E-state index contributed by atoms with van der Waals surface area (Å²) < 4.78 is 13.2. The molecule has 0 aliphatic heterocycles. The molecule has 6 rings (SSSR count). The van der Waals surface area contributed by atoms with Gasteiger partial charge in [-0.3, -0.25) is 9.59 Å². The third kappa shape index (κ3) is 4.85. The van der Waals surface area contributed by atoms with E-state index in [2.05, 4.69) is 19.5 Å². The number of ether oxygens (including phenoxy) is 2. The standard InChI is InChI=1S/C29H26N6O4/c1-17(36)39-29-33-24-13-22-23(14-25(24)34-29)32-28(37)27(31-22)21-15-35(11-5-10-30)26-9-8-19(12-20(21)26)38-16-18-6-3-2-4-7-18/h2-4,6-9,12-15H,5,10-11,16,30H2,1H3,(H,32,37)(H,33,34). The number of aromatic nitrogens is 5. The highest BCUT2D eigenvalue weighted by molar-refractivity contribution is 5.98. The predicted molar refractivity (Wildman–Crippen MR) is 149 cm³/mol. The topological polar surface area (TPSA) is 141 Å². The molecule has 10 heteroatoms. The van der Waals surface area contributed by atoms with Gasteiger partial charge in [0.25, 0.3) is 5.56 Å². The Hall–Kier alpha value is -4.96. The van der Waals surface area contributed by atoms with Crippen molar-refractivity contribution in [3.05, 3.63) is 82.8 Å². The van der Waals surface area contributed by atoms with Gasteiger partial charge in [-0.15, -0.1) is 0 Å². The Labute approximate surface area is 222 Å². The number of nitrogens with one attached hydrogen (secondary N) is 2. The zero-order chi connectivity index (χ0) is 26.9. The number of esters is 1. The molecule has 4 N–H and O–H groups in total. The zero-order valence-corrected chi connectivity index (χ0v) is 21.2. The van der Waals surface area contributed by atoms with Gasteiger partial charge in [-0.25, -0.2) is 4.98 Å². The number of nitrogens with zero attached hydrogens (tertiary/aromatic N) is 3. The number of fused-ring (bicyclic) bond motifs is 3. The molecule has 3 aromatic carbocycles. The van der Waals surface area contributed by atoms with Gasteiger partial charge in [0.2, 0.25) is 0 Å². The fourth-order valence-corrected chi connectivity index (χ4v) is 4.68. The summed E-state index contributed by atoms with van der Waals surface area (Å²) in [4.78, 5) is 39.5. The van der Waals surface area contributed by atoms with Crippen LogP contribution in [0.25, 0.3) is 44.2 Å². The maximum Gasteiger partial charge on any atom is 0.310 e. The minimum Gasteiger partial charge on any atom is -0.489 e. The van der Waals surface area contributed by atoms with Gasteiger partial charge in [0, 0.05) is 36.1 Å². The molecule has 6 aromatic rings. The van der Waals surface area contributed by atoms with Gasteiger partial charge in [0.15, 0.2) is 0 Å². The van der Waals surface area contributed by atoms with Crippen molar-refractivity contribution in [2.45, 2.75) is 26.5 Å². The van der Waals surface area contributed by atoms with E-state index in [9.17, 15) is 9.59 Å². The lowest BCUT2D eigenvalue weighted by atomic mass is 10.1. The summed E-state index contributed by atoms with van der Waals surface area (Å²) >= 11 is 0. The van der Waals surface area contributed by atoms with Crippen molar-refractivity contribution >= 4 is 38.9 Å². The highest BCUT2D eigenvalue weighted by Gasteiger charge is 2.17.